The van der Waals surface area contributed by atoms with Gasteiger partial charge in [0, 0.05) is 19.2 Å². The third kappa shape index (κ3) is 6.58. The molecule has 0 aliphatic heterocycles. The summed E-state index contributed by atoms with van der Waals surface area (Å²) in [6.07, 6.45) is 0.572. The van der Waals surface area contributed by atoms with E-state index in [0.29, 0.717) is 19.2 Å². The summed E-state index contributed by atoms with van der Waals surface area (Å²) in [6.45, 7) is 8.13. The van der Waals surface area contributed by atoms with E-state index < -0.39 is 0 Å². The highest BCUT2D eigenvalue weighted by molar-refractivity contribution is 4.63. The van der Waals surface area contributed by atoms with Crippen molar-refractivity contribution in [1.82, 2.24) is 5.32 Å². The maximum absolute atomic E-state index is 9.23. The van der Waals surface area contributed by atoms with Crippen molar-refractivity contribution in [2.24, 2.45) is 0 Å². The van der Waals surface area contributed by atoms with Crippen LogP contribution in [0.4, 0.5) is 0 Å². The highest BCUT2D eigenvalue weighted by atomic mass is 16.5. The molecule has 0 aromatic rings. The second kappa shape index (κ2) is 7.53. The van der Waals surface area contributed by atoms with Crippen molar-refractivity contribution in [3.05, 3.63) is 0 Å². The molecule has 0 fully saturated rings. The molecular formula is C9H21NO2. The van der Waals surface area contributed by atoms with Crippen LogP contribution in [0, 0.1) is 0 Å². The van der Waals surface area contributed by atoms with Crippen LogP contribution in [0.1, 0.15) is 27.2 Å². The maximum Gasteiger partial charge on any atom is 0.0662 e. The van der Waals surface area contributed by atoms with Crippen molar-refractivity contribution in [3.8, 4) is 0 Å². The molecule has 0 rings (SSSR count). The van der Waals surface area contributed by atoms with Crippen LogP contribution in [0.3, 0.4) is 0 Å². The van der Waals surface area contributed by atoms with E-state index in [2.05, 4.69) is 12.2 Å². The van der Waals surface area contributed by atoms with Crippen LogP contribution in [-0.2, 0) is 4.74 Å². The zero-order valence-corrected chi connectivity index (χ0v) is 8.34. The van der Waals surface area contributed by atoms with E-state index in [4.69, 9.17) is 4.74 Å². The van der Waals surface area contributed by atoms with E-state index >= 15 is 0 Å². The van der Waals surface area contributed by atoms with Crippen molar-refractivity contribution >= 4 is 0 Å². The lowest BCUT2D eigenvalue weighted by atomic mass is 10.2. The van der Waals surface area contributed by atoms with Gasteiger partial charge in [-0.25, -0.2) is 0 Å². The normalized spacial score (nSPS) is 16.0. The molecule has 0 aliphatic rings. The van der Waals surface area contributed by atoms with Crippen molar-refractivity contribution in [2.75, 3.05) is 19.8 Å². The van der Waals surface area contributed by atoms with Gasteiger partial charge in [0.05, 0.1) is 12.7 Å². The summed E-state index contributed by atoms with van der Waals surface area (Å²) >= 11 is 0. The topological polar surface area (TPSA) is 41.5 Å². The van der Waals surface area contributed by atoms with Crippen molar-refractivity contribution < 1.29 is 9.84 Å². The highest BCUT2D eigenvalue weighted by Crippen LogP contribution is 1.89. The van der Waals surface area contributed by atoms with Crippen LogP contribution in [0.15, 0.2) is 0 Å². The van der Waals surface area contributed by atoms with Gasteiger partial charge in [-0.05, 0) is 20.3 Å². The first-order valence-corrected chi connectivity index (χ1v) is 4.69. The fraction of sp³-hybridized carbons (Fsp3) is 1.00. The molecule has 2 unspecified atom stereocenters. The minimum atomic E-state index is -0.228. The van der Waals surface area contributed by atoms with E-state index in [-0.39, 0.29) is 6.10 Å². The van der Waals surface area contributed by atoms with Crippen LogP contribution in [0.25, 0.3) is 0 Å². The van der Waals surface area contributed by atoms with Gasteiger partial charge in [0.25, 0.3) is 0 Å². The van der Waals surface area contributed by atoms with Gasteiger partial charge in [-0.15, -0.1) is 0 Å². The van der Waals surface area contributed by atoms with E-state index in [9.17, 15) is 5.11 Å². The first-order chi connectivity index (χ1) is 5.70. The van der Waals surface area contributed by atoms with Crippen molar-refractivity contribution in [3.63, 3.8) is 0 Å². The summed E-state index contributed by atoms with van der Waals surface area (Å²) in [7, 11) is 0. The second-order valence-electron chi connectivity index (χ2n) is 3.03. The summed E-state index contributed by atoms with van der Waals surface area (Å²) in [5, 5.41) is 12.4. The van der Waals surface area contributed by atoms with Gasteiger partial charge in [0.1, 0.15) is 0 Å². The van der Waals surface area contributed by atoms with E-state index in [1.165, 1.54) is 0 Å². The molecule has 0 aromatic heterocycles. The Bertz CT molecular complexity index is 98.5. The minimum absolute atomic E-state index is 0.228. The van der Waals surface area contributed by atoms with Gasteiger partial charge < -0.3 is 15.2 Å². The Morgan fingerprint density at radius 3 is 2.58 bits per heavy atom. The van der Waals surface area contributed by atoms with Gasteiger partial charge in [0.2, 0.25) is 0 Å². The molecule has 2 atom stereocenters. The number of aliphatic hydroxyl groups is 1. The molecule has 3 heteroatoms. The fourth-order valence-corrected chi connectivity index (χ4v) is 0.835. The molecule has 12 heavy (non-hydrogen) atoms. The lowest BCUT2D eigenvalue weighted by Crippen LogP contribution is -2.36. The van der Waals surface area contributed by atoms with Gasteiger partial charge in [-0.2, -0.15) is 0 Å². The van der Waals surface area contributed by atoms with E-state index in [1.54, 1.807) is 0 Å². The van der Waals surface area contributed by atoms with Gasteiger partial charge >= 0.3 is 0 Å². The Kier molecular flexibility index (Phi) is 7.45. The van der Waals surface area contributed by atoms with E-state index in [0.717, 1.165) is 13.0 Å². The third-order valence-electron chi connectivity index (χ3n) is 1.75. The largest absolute Gasteiger partial charge is 0.392 e. The lowest BCUT2D eigenvalue weighted by Gasteiger charge is -2.15. The minimum Gasteiger partial charge on any atom is -0.392 e. The first-order valence-electron chi connectivity index (χ1n) is 4.69. The number of nitrogens with one attached hydrogen (secondary N) is 1. The Morgan fingerprint density at radius 1 is 1.42 bits per heavy atom. The molecule has 0 aromatic carbocycles. The van der Waals surface area contributed by atoms with Gasteiger partial charge in [-0.3, -0.25) is 0 Å². The zero-order valence-electron chi connectivity index (χ0n) is 8.34. The summed E-state index contributed by atoms with van der Waals surface area (Å²) in [5.74, 6) is 0. The Morgan fingerprint density at radius 2 is 2.08 bits per heavy atom. The molecular weight excluding hydrogens is 154 g/mol. The van der Waals surface area contributed by atoms with E-state index in [1.807, 2.05) is 13.8 Å². The molecule has 0 aliphatic carbocycles. The summed E-state index contributed by atoms with van der Waals surface area (Å²) in [4.78, 5) is 0. The quantitative estimate of drug-likeness (QED) is 0.600. The SMILES string of the molecule is CCOCC(C)NCC(O)CC. The summed E-state index contributed by atoms with van der Waals surface area (Å²) in [6, 6.07) is 0.325. The molecule has 0 spiro atoms. The van der Waals surface area contributed by atoms with Gasteiger partial charge in [-0.1, -0.05) is 6.92 Å². The standard InChI is InChI=1S/C9H21NO2/c1-4-9(11)6-10-8(3)7-12-5-2/h8-11H,4-7H2,1-3H3. The predicted molar refractivity (Wildman–Crippen MR) is 50.3 cm³/mol. The number of hydrogen-bond acceptors (Lipinski definition) is 3. The van der Waals surface area contributed by atoms with Crippen molar-refractivity contribution in [1.29, 1.82) is 0 Å². The van der Waals surface area contributed by atoms with Crippen LogP contribution in [-0.4, -0.2) is 37.0 Å². The van der Waals surface area contributed by atoms with Crippen LogP contribution in [0.2, 0.25) is 0 Å². The Balaban J connectivity index is 3.24. The predicted octanol–water partition coefficient (Wildman–Crippen LogP) is 0.772. The highest BCUT2D eigenvalue weighted by Gasteiger charge is 2.04. The number of hydrogen-bond donors (Lipinski definition) is 2. The average Bonchev–Trinajstić information content (AvgIpc) is 2.10. The molecule has 3 nitrogen and oxygen atoms in total. The first kappa shape index (κ1) is 11.9. The van der Waals surface area contributed by atoms with Crippen LogP contribution >= 0.6 is 0 Å². The van der Waals surface area contributed by atoms with Gasteiger partial charge in [0.15, 0.2) is 0 Å². The molecule has 0 saturated carbocycles. The molecule has 0 heterocycles. The fourth-order valence-electron chi connectivity index (χ4n) is 0.835. The smallest absolute Gasteiger partial charge is 0.0662 e. The number of aliphatic hydroxyl groups excluding tert-OH is 1. The monoisotopic (exact) mass is 175 g/mol. The number of ether oxygens (including phenoxy) is 1. The molecule has 0 radical (unpaired) electrons. The third-order valence-corrected chi connectivity index (χ3v) is 1.75. The average molecular weight is 175 g/mol. The molecule has 0 amide bonds. The zero-order chi connectivity index (χ0) is 9.40. The number of rotatable bonds is 7. The second-order valence-corrected chi connectivity index (χ2v) is 3.03. The van der Waals surface area contributed by atoms with Crippen molar-refractivity contribution in [2.45, 2.75) is 39.3 Å². The summed E-state index contributed by atoms with van der Waals surface area (Å²) in [5.41, 5.74) is 0. The lowest BCUT2D eigenvalue weighted by molar-refractivity contribution is 0.115. The maximum atomic E-state index is 9.23. The molecule has 2 N–H and O–H groups in total. The molecule has 0 saturated heterocycles. The van der Waals surface area contributed by atoms with Crippen LogP contribution in [0.5, 0.6) is 0 Å². The Labute approximate surface area is 75.1 Å². The Hall–Kier alpha value is -0.120. The summed E-state index contributed by atoms with van der Waals surface area (Å²) < 4.78 is 5.22. The van der Waals surface area contributed by atoms with Crippen LogP contribution < -0.4 is 5.32 Å². The molecule has 0 bridgehead atoms. The molecule has 74 valence electrons.